The van der Waals surface area contributed by atoms with Crippen LogP contribution >= 0.6 is 0 Å². The molecule has 2 rings (SSSR count). The van der Waals surface area contributed by atoms with Gasteiger partial charge in [0.15, 0.2) is 0 Å². The average molecular weight is 259 g/mol. The van der Waals surface area contributed by atoms with Crippen molar-refractivity contribution in [2.24, 2.45) is 0 Å². The fourth-order valence-electron chi connectivity index (χ4n) is 2.44. The van der Waals surface area contributed by atoms with Crippen molar-refractivity contribution < 1.29 is 0 Å². The summed E-state index contributed by atoms with van der Waals surface area (Å²) in [5.41, 5.74) is 9.16. The van der Waals surface area contributed by atoms with Gasteiger partial charge in [-0.1, -0.05) is 31.5 Å². The van der Waals surface area contributed by atoms with E-state index in [0.717, 1.165) is 11.4 Å². The molecule has 4 heteroatoms. The van der Waals surface area contributed by atoms with E-state index in [-0.39, 0.29) is 11.5 Å². The first kappa shape index (κ1) is 13.5. The summed E-state index contributed by atoms with van der Waals surface area (Å²) < 4.78 is 3.64. The molecule has 19 heavy (non-hydrogen) atoms. The Labute approximate surface area is 113 Å². The Kier molecular flexibility index (Phi) is 3.51. The van der Waals surface area contributed by atoms with Gasteiger partial charge in [-0.25, -0.2) is 4.68 Å². The number of anilines is 1. The number of aromatic nitrogens is 2. The van der Waals surface area contributed by atoms with Gasteiger partial charge < -0.3 is 5.73 Å². The lowest BCUT2D eigenvalue weighted by Gasteiger charge is -2.15. The molecule has 1 aromatic heterocycles. The molecule has 1 aromatic carbocycles. The van der Waals surface area contributed by atoms with Gasteiger partial charge in [-0.2, -0.15) is 0 Å². The van der Waals surface area contributed by atoms with Gasteiger partial charge in [0.1, 0.15) is 5.69 Å². The third-order valence-electron chi connectivity index (χ3n) is 3.34. The summed E-state index contributed by atoms with van der Waals surface area (Å²) in [5, 5.41) is 0. The van der Waals surface area contributed by atoms with Crippen molar-refractivity contribution in [3.63, 3.8) is 0 Å². The molecule has 0 aliphatic rings. The molecule has 1 heterocycles. The fourth-order valence-corrected chi connectivity index (χ4v) is 2.44. The summed E-state index contributed by atoms with van der Waals surface area (Å²) in [6.45, 7) is 8.87. The third kappa shape index (κ3) is 2.18. The number of rotatable bonds is 3. The molecule has 102 valence electrons. The van der Waals surface area contributed by atoms with E-state index in [1.807, 2.05) is 42.8 Å². The molecule has 0 saturated carbocycles. The molecule has 0 saturated heterocycles. The highest BCUT2D eigenvalue weighted by atomic mass is 16.1. The molecule has 0 spiro atoms. The first-order valence-corrected chi connectivity index (χ1v) is 6.65. The van der Waals surface area contributed by atoms with E-state index in [0.29, 0.717) is 12.2 Å². The summed E-state index contributed by atoms with van der Waals surface area (Å²) in [6, 6.07) is 7.90. The number of hydrogen-bond donors (Lipinski definition) is 1. The Morgan fingerprint density at radius 3 is 2.26 bits per heavy atom. The maximum absolute atomic E-state index is 12.4. The van der Waals surface area contributed by atoms with Crippen LogP contribution in [0.15, 0.2) is 29.1 Å². The standard InChI is InChI=1S/C15H21N3O/c1-5-17-14(10(2)3)13(16)15(19)18(17)12-8-6-11(4)7-9-12/h6-10H,5,16H2,1-4H3. The molecule has 0 bridgehead atoms. The summed E-state index contributed by atoms with van der Waals surface area (Å²) in [6.07, 6.45) is 0. The van der Waals surface area contributed by atoms with Crippen LogP contribution in [-0.2, 0) is 6.54 Å². The predicted molar refractivity (Wildman–Crippen MR) is 78.9 cm³/mol. The minimum Gasteiger partial charge on any atom is -0.393 e. The van der Waals surface area contributed by atoms with Gasteiger partial charge in [-0.05, 0) is 31.9 Å². The molecule has 0 radical (unpaired) electrons. The van der Waals surface area contributed by atoms with Gasteiger partial charge in [0.2, 0.25) is 0 Å². The topological polar surface area (TPSA) is 52.9 Å². The van der Waals surface area contributed by atoms with Crippen molar-refractivity contribution in [3.8, 4) is 5.69 Å². The van der Waals surface area contributed by atoms with E-state index in [9.17, 15) is 4.79 Å². The van der Waals surface area contributed by atoms with E-state index in [1.54, 1.807) is 4.68 Å². The molecule has 4 nitrogen and oxygen atoms in total. The van der Waals surface area contributed by atoms with Gasteiger partial charge in [-0.3, -0.25) is 9.48 Å². The summed E-state index contributed by atoms with van der Waals surface area (Å²) in [5.74, 6) is 0.222. The van der Waals surface area contributed by atoms with Crippen LogP contribution in [-0.4, -0.2) is 9.36 Å². The second-order valence-corrected chi connectivity index (χ2v) is 5.12. The molecule has 0 unspecified atom stereocenters. The van der Waals surface area contributed by atoms with Crippen molar-refractivity contribution in [2.75, 3.05) is 5.73 Å². The monoisotopic (exact) mass is 259 g/mol. The van der Waals surface area contributed by atoms with Gasteiger partial charge in [0, 0.05) is 6.54 Å². The maximum atomic E-state index is 12.4. The van der Waals surface area contributed by atoms with E-state index < -0.39 is 0 Å². The SMILES string of the molecule is CCn1c(C(C)C)c(N)c(=O)n1-c1ccc(C)cc1. The summed E-state index contributed by atoms with van der Waals surface area (Å²) >= 11 is 0. The van der Waals surface area contributed by atoms with Crippen LogP contribution < -0.4 is 11.3 Å². The van der Waals surface area contributed by atoms with E-state index in [4.69, 9.17) is 5.73 Å². The van der Waals surface area contributed by atoms with Gasteiger partial charge in [0.25, 0.3) is 5.56 Å². The van der Waals surface area contributed by atoms with Gasteiger partial charge in [-0.15, -0.1) is 0 Å². The highest BCUT2D eigenvalue weighted by Crippen LogP contribution is 2.21. The summed E-state index contributed by atoms with van der Waals surface area (Å²) in [4.78, 5) is 12.4. The van der Waals surface area contributed by atoms with Crippen molar-refractivity contribution in [3.05, 3.63) is 45.9 Å². The van der Waals surface area contributed by atoms with E-state index >= 15 is 0 Å². The van der Waals surface area contributed by atoms with Crippen LogP contribution in [0.4, 0.5) is 5.69 Å². The number of nitrogens with zero attached hydrogens (tertiary/aromatic N) is 2. The normalized spacial score (nSPS) is 11.2. The number of aryl methyl sites for hydroxylation is 1. The van der Waals surface area contributed by atoms with E-state index in [2.05, 4.69) is 13.8 Å². The largest absolute Gasteiger partial charge is 0.393 e. The maximum Gasteiger partial charge on any atom is 0.294 e. The second kappa shape index (κ2) is 4.96. The van der Waals surface area contributed by atoms with Gasteiger partial charge in [0.05, 0.1) is 11.4 Å². The highest BCUT2D eigenvalue weighted by molar-refractivity contribution is 5.47. The predicted octanol–water partition coefficient (Wildman–Crippen LogP) is 2.67. The molecule has 0 aliphatic heterocycles. The molecular weight excluding hydrogens is 238 g/mol. The lowest BCUT2D eigenvalue weighted by atomic mass is 10.1. The molecule has 0 aliphatic carbocycles. The Hall–Kier alpha value is -1.97. The zero-order valence-electron chi connectivity index (χ0n) is 12.0. The van der Waals surface area contributed by atoms with Crippen LogP contribution in [0, 0.1) is 6.92 Å². The van der Waals surface area contributed by atoms with Crippen molar-refractivity contribution >= 4 is 5.69 Å². The number of hydrogen-bond acceptors (Lipinski definition) is 2. The summed E-state index contributed by atoms with van der Waals surface area (Å²) in [7, 11) is 0. The Bertz CT molecular complexity index is 633. The minimum atomic E-state index is -0.130. The van der Waals surface area contributed by atoms with Crippen LogP contribution in [0.5, 0.6) is 0 Å². The zero-order chi connectivity index (χ0) is 14.2. The first-order chi connectivity index (χ1) is 8.97. The molecule has 0 amide bonds. The number of nitrogens with two attached hydrogens (primary N) is 1. The molecule has 2 aromatic rings. The number of nitrogen functional groups attached to an aromatic ring is 1. The average Bonchev–Trinajstić information content (AvgIpc) is 2.63. The number of benzene rings is 1. The highest BCUT2D eigenvalue weighted by Gasteiger charge is 2.19. The first-order valence-electron chi connectivity index (χ1n) is 6.65. The van der Waals surface area contributed by atoms with Crippen molar-refractivity contribution in [2.45, 2.75) is 40.2 Å². The van der Waals surface area contributed by atoms with Crippen molar-refractivity contribution in [1.29, 1.82) is 0 Å². The fraction of sp³-hybridized carbons (Fsp3) is 0.400. The zero-order valence-corrected chi connectivity index (χ0v) is 12.0. The van der Waals surface area contributed by atoms with Crippen molar-refractivity contribution in [1.82, 2.24) is 9.36 Å². The smallest absolute Gasteiger partial charge is 0.294 e. The van der Waals surface area contributed by atoms with Crippen LogP contribution in [0.3, 0.4) is 0 Å². The third-order valence-corrected chi connectivity index (χ3v) is 3.34. The molecule has 2 N–H and O–H groups in total. The Morgan fingerprint density at radius 2 is 1.79 bits per heavy atom. The van der Waals surface area contributed by atoms with Crippen LogP contribution in [0.25, 0.3) is 5.69 Å². The molecule has 0 atom stereocenters. The Balaban J connectivity index is 2.73. The van der Waals surface area contributed by atoms with Crippen LogP contribution in [0.1, 0.15) is 37.9 Å². The second-order valence-electron chi connectivity index (χ2n) is 5.12. The van der Waals surface area contributed by atoms with Gasteiger partial charge >= 0.3 is 0 Å². The minimum absolute atomic E-state index is 0.130. The van der Waals surface area contributed by atoms with E-state index in [1.165, 1.54) is 5.56 Å². The lowest BCUT2D eigenvalue weighted by molar-refractivity contribution is 0.534. The molecule has 0 fully saturated rings. The Morgan fingerprint density at radius 1 is 1.21 bits per heavy atom. The quantitative estimate of drug-likeness (QED) is 0.921. The molecular formula is C15H21N3O. The van der Waals surface area contributed by atoms with Crippen LogP contribution in [0.2, 0.25) is 0 Å². The lowest BCUT2D eigenvalue weighted by Crippen LogP contribution is -2.22.